The number of nitro benzene ring substituents is 1. The predicted molar refractivity (Wildman–Crippen MR) is 83.9 cm³/mol. The standard InChI is InChI=1S/C15H23N3O3/c1-3-8-16-13-5-4-6-14(15(13)18(19)20)17-12-7-9-21-11(2)10-12/h4-6,11-12,16-17H,3,7-10H2,1-2H3. The van der Waals surface area contributed by atoms with Gasteiger partial charge in [0.15, 0.2) is 0 Å². The summed E-state index contributed by atoms with van der Waals surface area (Å²) in [6.07, 6.45) is 2.85. The van der Waals surface area contributed by atoms with Crippen molar-refractivity contribution in [1.82, 2.24) is 0 Å². The van der Waals surface area contributed by atoms with Crippen molar-refractivity contribution in [3.63, 3.8) is 0 Å². The first-order valence-electron chi connectivity index (χ1n) is 7.51. The van der Waals surface area contributed by atoms with Crippen LogP contribution < -0.4 is 10.6 Å². The molecule has 0 radical (unpaired) electrons. The van der Waals surface area contributed by atoms with E-state index < -0.39 is 0 Å². The van der Waals surface area contributed by atoms with Crippen LogP contribution in [0.15, 0.2) is 18.2 Å². The molecule has 0 aromatic heterocycles. The van der Waals surface area contributed by atoms with E-state index in [4.69, 9.17) is 4.74 Å². The molecule has 0 aliphatic carbocycles. The molecule has 1 heterocycles. The fourth-order valence-electron chi connectivity index (χ4n) is 2.61. The third-order valence-corrected chi connectivity index (χ3v) is 3.63. The van der Waals surface area contributed by atoms with E-state index in [9.17, 15) is 10.1 Å². The molecule has 1 aromatic rings. The number of ether oxygens (including phenoxy) is 1. The quantitative estimate of drug-likeness (QED) is 0.621. The van der Waals surface area contributed by atoms with Gasteiger partial charge in [-0.25, -0.2) is 0 Å². The molecule has 0 saturated carbocycles. The van der Waals surface area contributed by atoms with Crippen LogP contribution in [0, 0.1) is 10.1 Å². The largest absolute Gasteiger partial charge is 0.379 e. The first-order chi connectivity index (χ1) is 10.1. The molecule has 2 rings (SSSR count). The number of nitrogens with zero attached hydrogens (tertiary/aromatic N) is 1. The molecule has 2 unspecified atom stereocenters. The van der Waals surface area contributed by atoms with Gasteiger partial charge >= 0.3 is 5.69 Å². The van der Waals surface area contributed by atoms with Gasteiger partial charge in [-0.05, 0) is 38.3 Å². The van der Waals surface area contributed by atoms with Crippen molar-refractivity contribution in [3.05, 3.63) is 28.3 Å². The summed E-state index contributed by atoms with van der Waals surface area (Å²) in [7, 11) is 0. The Bertz CT molecular complexity index is 493. The lowest BCUT2D eigenvalue weighted by Gasteiger charge is -2.28. The second kappa shape index (κ2) is 7.26. The second-order valence-electron chi connectivity index (χ2n) is 5.43. The minimum Gasteiger partial charge on any atom is -0.379 e. The summed E-state index contributed by atoms with van der Waals surface area (Å²) in [5.74, 6) is 0. The molecule has 21 heavy (non-hydrogen) atoms. The molecule has 6 nitrogen and oxygen atoms in total. The highest BCUT2D eigenvalue weighted by atomic mass is 16.6. The number of hydrogen-bond acceptors (Lipinski definition) is 5. The van der Waals surface area contributed by atoms with Gasteiger partial charge in [-0.1, -0.05) is 13.0 Å². The maximum Gasteiger partial charge on any atom is 0.315 e. The third kappa shape index (κ3) is 4.07. The molecule has 0 spiro atoms. The highest BCUT2D eigenvalue weighted by Crippen LogP contribution is 2.34. The van der Waals surface area contributed by atoms with Gasteiger partial charge in [0, 0.05) is 19.2 Å². The number of anilines is 2. The van der Waals surface area contributed by atoms with Crippen LogP contribution in [0.3, 0.4) is 0 Å². The summed E-state index contributed by atoms with van der Waals surface area (Å²) in [5, 5.41) is 17.9. The average Bonchev–Trinajstić information content (AvgIpc) is 2.45. The molecule has 2 atom stereocenters. The summed E-state index contributed by atoms with van der Waals surface area (Å²) < 4.78 is 5.51. The highest BCUT2D eigenvalue weighted by molar-refractivity contribution is 5.76. The Morgan fingerprint density at radius 1 is 1.43 bits per heavy atom. The van der Waals surface area contributed by atoms with Crippen molar-refractivity contribution >= 4 is 17.1 Å². The molecule has 1 aliphatic heterocycles. The number of para-hydroxylation sites is 1. The number of hydrogen-bond donors (Lipinski definition) is 2. The summed E-state index contributed by atoms with van der Waals surface area (Å²) in [6, 6.07) is 5.59. The second-order valence-corrected chi connectivity index (χ2v) is 5.43. The lowest BCUT2D eigenvalue weighted by atomic mass is 10.0. The van der Waals surface area contributed by atoms with Gasteiger partial charge in [0.1, 0.15) is 11.4 Å². The predicted octanol–water partition coefficient (Wildman–Crippen LogP) is 3.40. The molecule has 0 bridgehead atoms. The number of rotatable bonds is 6. The Hall–Kier alpha value is -1.82. The van der Waals surface area contributed by atoms with Crippen LogP contribution >= 0.6 is 0 Å². The van der Waals surface area contributed by atoms with Crippen molar-refractivity contribution in [2.24, 2.45) is 0 Å². The maximum atomic E-state index is 11.4. The molecular formula is C15H23N3O3. The Kier molecular flexibility index (Phi) is 5.38. The van der Waals surface area contributed by atoms with Gasteiger partial charge in [-0.2, -0.15) is 0 Å². The van der Waals surface area contributed by atoms with Crippen LogP contribution in [0.25, 0.3) is 0 Å². The topological polar surface area (TPSA) is 76.4 Å². The van der Waals surface area contributed by atoms with E-state index in [0.717, 1.165) is 25.8 Å². The van der Waals surface area contributed by atoms with Gasteiger partial charge in [-0.3, -0.25) is 10.1 Å². The van der Waals surface area contributed by atoms with Crippen LogP contribution in [0.5, 0.6) is 0 Å². The van der Waals surface area contributed by atoms with E-state index in [0.29, 0.717) is 18.0 Å². The zero-order valence-corrected chi connectivity index (χ0v) is 12.6. The minimum absolute atomic E-state index is 0.130. The number of nitro groups is 1. The molecule has 6 heteroatoms. The Balaban J connectivity index is 2.19. The van der Waals surface area contributed by atoms with Crippen molar-refractivity contribution < 1.29 is 9.66 Å². The zero-order chi connectivity index (χ0) is 15.2. The molecule has 1 saturated heterocycles. The van der Waals surface area contributed by atoms with Crippen molar-refractivity contribution in [2.45, 2.75) is 45.3 Å². The first kappa shape index (κ1) is 15.6. The van der Waals surface area contributed by atoms with Gasteiger partial charge in [0.05, 0.1) is 11.0 Å². The van der Waals surface area contributed by atoms with Gasteiger partial charge in [-0.15, -0.1) is 0 Å². The maximum absolute atomic E-state index is 11.4. The van der Waals surface area contributed by atoms with E-state index in [1.165, 1.54) is 0 Å². The lowest BCUT2D eigenvalue weighted by molar-refractivity contribution is -0.383. The Morgan fingerprint density at radius 2 is 2.19 bits per heavy atom. The number of benzene rings is 1. The van der Waals surface area contributed by atoms with E-state index in [-0.39, 0.29) is 22.8 Å². The fourth-order valence-corrected chi connectivity index (χ4v) is 2.61. The van der Waals surface area contributed by atoms with Crippen molar-refractivity contribution in [1.29, 1.82) is 0 Å². The number of nitrogens with one attached hydrogen (secondary N) is 2. The van der Waals surface area contributed by atoms with Crippen molar-refractivity contribution in [2.75, 3.05) is 23.8 Å². The smallest absolute Gasteiger partial charge is 0.315 e. The molecule has 116 valence electrons. The van der Waals surface area contributed by atoms with E-state index in [1.807, 2.05) is 19.9 Å². The summed E-state index contributed by atoms with van der Waals surface area (Å²) >= 11 is 0. The van der Waals surface area contributed by atoms with Crippen LogP contribution in [-0.2, 0) is 4.74 Å². The van der Waals surface area contributed by atoms with Crippen LogP contribution in [-0.4, -0.2) is 30.2 Å². The monoisotopic (exact) mass is 293 g/mol. The molecule has 2 N–H and O–H groups in total. The van der Waals surface area contributed by atoms with Crippen molar-refractivity contribution in [3.8, 4) is 0 Å². The van der Waals surface area contributed by atoms with Crippen LogP contribution in [0.2, 0.25) is 0 Å². The molecule has 1 fully saturated rings. The molecule has 0 amide bonds. The van der Waals surface area contributed by atoms with Gasteiger partial charge in [0.2, 0.25) is 0 Å². The normalized spacial score (nSPS) is 21.8. The fraction of sp³-hybridized carbons (Fsp3) is 0.600. The Labute approximate surface area is 125 Å². The first-order valence-corrected chi connectivity index (χ1v) is 7.51. The lowest BCUT2D eigenvalue weighted by Crippen LogP contribution is -2.32. The molecular weight excluding hydrogens is 270 g/mol. The summed E-state index contributed by atoms with van der Waals surface area (Å²) in [4.78, 5) is 11.1. The van der Waals surface area contributed by atoms with Crippen LogP contribution in [0.1, 0.15) is 33.1 Å². The van der Waals surface area contributed by atoms with E-state index in [2.05, 4.69) is 10.6 Å². The molecule has 1 aliphatic rings. The van der Waals surface area contributed by atoms with Gasteiger partial charge in [0.25, 0.3) is 0 Å². The third-order valence-electron chi connectivity index (χ3n) is 3.63. The summed E-state index contributed by atoms with van der Waals surface area (Å²) in [5.41, 5.74) is 1.29. The highest BCUT2D eigenvalue weighted by Gasteiger charge is 2.24. The summed E-state index contributed by atoms with van der Waals surface area (Å²) in [6.45, 7) is 5.48. The van der Waals surface area contributed by atoms with Crippen LogP contribution in [0.4, 0.5) is 17.1 Å². The zero-order valence-electron chi connectivity index (χ0n) is 12.6. The minimum atomic E-state index is -0.316. The SMILES string of the molecule is CCCNc1cccc(NC2CCOC(C)C2)c1[N+](=O)[O-]. The van der Waals surface area contributed by atoms with E-state index in [1.54, 1.807) is 12.1 Å². The average molecular weight is 293 g/mol. The Morgan fingerprint density at radius 3 is 2.86 bits per heavy atom. The van der Waals surface area contributed by atoms with E-state index >= 15 is 0 Å². The van der Waals surface area contributed by atoms with Gasteiger partial charge < -0.3 is 15.4 Å². The molecule has 1 aromatic carbocycles.